The average molecular weight is 322 g/mol. The number of hydrogen-bond donors (Lipinski definition) is 1. The Morgan fingerprint density at radius 2 is 1.68 bits per heavy atom. The van der Waals surface area contributed by atoms with Crippen molar-refractivity contribution in [1.29, 1.82) is 0 Å². The van der Waals surface area contributed by atoms with Gasteiger partial charge in [-0.25, -0.2) is 0 Å². The molecule has 1 aliphatic carbocycles. The molecule has 0 amide bonds. The first-order valence-electron chi connectivity index (χ1n) is 8.31. The first-order chi connectivity index (χ1) is 12.4. The summed E-state index contributed by atoms with van der Waals surface area (Å²) >= 11 is 0. The number of allylic oxidation sites excluding steroid dienone is 7. The monoisotopic (exact) mass is 322 g/mol. The summed E-state index contributed by atoms with van der Waals surface area (Å²) in [6.07, 6.45) is 18.3. The van der Waals surface area contributed by atoms with Crippen molar-refractivity contribution < 1.29 is 0 Å². The third kappa shape index (κ3) is 2.88. The normalized spacial score (nSPS) is 16.8. The van der Waals surface area contributed by atoms with Gasteiger partial charge < -0.3 is 10.2 Å². The molecule has 0 aromatic heterocycles. The van der Waals surface area contributed by atoms with E-state index in [1.807, 2.05) is 6.08 Å². The molecule has 2 heteroatoms. The van der Waals surface area contributed by atoms with E-state index in [0.717, 1.165) is 17.8 Å². The highest BCUT2D eigenvalue weighted by atomic mass is 15.2. The van der Waals surface area contributed by atoms with Gasteiger partial charge in [0.1, 0.15) is 0 Å². The Labute approximate surface area is 148 Å². The quantitative estimate of drug-likeness (QED) is 0.699. The smallest absolute Gasteiger partial charge is 0.0694 e. The molecule has 1 N–H and O–H groups in total. The van der Waals surface area contributed by atoms with E-state index in [9.17, 15) is 0 Å². The molecule has 0 spiro atoms. The second-order valence-corrected chi connectivity index (χ2v) is 5.96. The van der Waals surface area contributed by atoms with Crippen molar-refractivity contribution in [2.24, 2.45) is 0 Å². The lowest BCUT2D eigenvalue weighted by Crippen LogP contribution is -2.22. The van der Waals surface area contributed by atoms with E-state index in [0.29, 0.717) is 0 Å². The predicted molar refractivity (Wildman–Crippen MR) is 106 cm³/mol. The van der Waals surface area contributed by atoms with Gasteiger partial charge in [0.25, 0.3) is 0 Å². The van der Waals surface area contributed by atoms with Crippen LogP contribution in [-0.4, -0.2) is 0 Å². The number of nitrogens with one attached hydrogen (secondary N) is 1. The van der Waals surface area contributed by atoms with Gasteiger partial charge in [-0.15, -0.1) is 6.42 Å². The van der Waals surface area contributed by atoms with E-state index >= 15 is 0 Å². The van der Waals surface area contributed by atoms with Crippen LogP contribution in [0.2, 0.25) is 0 Å². The number of hydrogen-bond acceptors (Lipinski definition) is 2. The predicted octanol–water partition coefficient (Wildman–Crippen LogP) is 5.84. The molecule has 4 rings (SSSR count). The van der Waals surface area contributed by atoms with E-state index in [4.69, 9.17) is 6.42 Å². The molecule has 0 atom stereocenters. The maximum Gasteiger partial charge on any atom is 0.0694 e. The van der Waals surface area contributed by atoms with Crippen LogP contribution in [0.3, 0.4) is 0 Å². The molecule has 120 valence electrons. The molecule has 25 heavy (non-hydrogen) atoms. The molecule has 1 aliphatic heterocycles. The fourth-order valence-corrected chi connectivity index (χ4v) is 3.24. The molecule has 0 fully saturated rings. The highest BCUT2D eigenvalue weighted by Crippen LogP contribution is 2.46. The van der Waals surface area contributed by atoms with Crippen LogP contribution in [0.4, 0.5) is 22.7 Å². The Hall–Kier alpha value is -3.44. The van der Waals surface area contributed by atoms with Crippen molar-refractivity contribution in [3.05, 3.63) is 96.3 Å². The highest BCUT2D eigenvalue weighted by molar-refractivity contribution is 5.93. The van der Waals surface area contributed by atoms with Crippen LogP contribution in [0.25, 0.3) is 0 Å². The van der Waals surface area contributed by atoms with Crippen molar-refractivity contribution in [1.82, 2.24) is 0 Å². The maximum atomic E-state index is 5.28. The lowest BCUT2D eigenvalue weighted by molar-refractivity contribution is 1.03. The highest BCUT2D eigenvalue weighted by Gasteiger charge is 2.25. The largest absolute Gasteiger partial charge is 0.352 e. The standard InChI is InChI=1S/C23H18N2/c1-2-3-4-10-18-11-9-12-19(17-18)25-22-15-7-5-13-20(22)24-21-14-6-8-16-23(21)25/h1,3-16,24H,17H2/b4-3-,18-10-. The van der Waals surface area contributed by atoms with Gasteiger partial charge in [-0.05, 0) is 42.0 Å². The molecule has 0 saturated carbocycles. The topological polar surface area (TPSA) is 15.3 Å². The van der Waals surface area contributed by atoms with Crippen LogP contribution >= 0.6 is 0 Å². The Morgan fingerprint density at radius 1 is 1.00 bits per heavy atom. The Kier molecular flexibility index (Phi) is 3.98. The summed E-state index contributed by atoms with van der Waals surface area (Å²) in [6, 6.07) is 16.8. The van der Waals surface area contributed by atoms with Gasteiger partial charge in [-0.3, -0.25) is 0 Å². The molecule has 0 bridgehead atoms. The van der Waals surface area contributed by atoms with E-state index in [-0.39, 0.29) is 0 Å². The van der Waals surface area contributed by atoms with Crippen LogP contribution in [0.15, 0.2) is 96.3 Å². The van der Waals surface area contributed by atoms with Crippen LogP contribution in [0.5, 0.6) is 0 Å². The Morgan fingerprint density at radius 3 is 2.36 bits per heavy atom. The Bertz CT molecular complexity index is 922. The number of anilines is 4. The molecule has 2 aromatic carbocycles. The van der Waals surface area contributed by atoms with Crippen molar-refractivity contribution >= 4 is 22.7 Å². The Balaban J connectivity index is 1.77. The summed E-state index contributed by atoms with van der Waals surface area (Å²) in [5.74, 6) is 2.53. The van der Waals surface area contributed by atoms with Crippen LogP contribution < -0.4 is 10.2 Å². The lowest BCUT2D eigenvalue weighted by Gasteiger charge is -2.36. The molecule has 0 unspecified atom stereocenters. The fraction of sp³-hybridized carbons (Fsp3) is 0.0435. The first kappa shape index (κ1) is 15.1. The number of fused-ring (bicyclic) bond motifs is 2. The van der Waals surface area contributed by atoms with E-state index in [2.05, 4.69) is 89.0 Å². The molecule has 2 aromatic rings. The minimum atomic E-state index is 0.855. The van der Waals surface area contributed by atoms with Crippen molar-refractivity contribution in [3.8, 4) is 12.3 Å². The number of rotatable bonds is 2. The SMILES string of the molecule is C#C/C=C\C=C1\C=CC=C(N2c3ccccc3Nc3ccccc32)C1. The second kappa shape index (κ2) is 6.59. The molecular formula is C23H18N2. The van der Waals surface area contributed by atoms with Gasteiger partial charge in [-0.1, -0.05) is 54.5 Å². The van der Waals surface area contributed by atoms with E-state index in [1.165, 1.54) is 22.6 Å². The number of terminal acetylenes is 1. The van der Waals surface area contributed by atoms with Crippen molar-refractivity contribution in [3.63, 3.8) is 0 Å². The minimum Gasteiger partial charge on any atom is -0.352 e. The minimum absolute atomic E-state index is 0.855. The van der Waals surface area contributed by atoms with Crippen molar-refractivity contribution in [2.75, 3.05) is 10.2 Å². The summed E-state index contributed by atoms with van der Waals surface area (Å²) in [4.78, 5) is 2.34. The molecular weight excluding hydrogens is 304 g/mol. The van der Waals surface area contributed by atoms with Gasteiger partial charge in [0.15, 0.2) is 0 Å². The van der Waals surface area contributed by atoms with Crippen molar-refractivity contribution in [2.45, 2.75) is 6.42 Å². The average Bonchev–Trinajstić information content (AvgIpc) is 2.66. The molecule has 0 radical (unpaired) electrons. The lowest BCUT2D eigenvalue weighted by atomic mass is 10.0. The summed E-state index contributed by atoms with van der Waals surface area (Å²) in [7, 11) is 0. The van der Waals surface area contributed by atoms with Gasteiger partial charge in [0, 0.05) is 12.1 Å². The van der Waals surface area contributed by atoms with Crippen LogP contribution in [0, 0.1) is 12.3 Å². The third-order valence-electron chi connectivity index (χ3n) is 4.33. The third-order valence-corrected chi connectivity index (χ3v) is 4.33. The summed E-state index contributed by atoms with van der Waals surface area (Å²) in [5, 5.41) is 3.53. The summed E-state index contributed by atoms with van der Waals surface area (Å²) in [6.45, 7) is 0. The zero-order valence-corrected chi connectivity index (χ0v) is 13.8. The van der Waals surface area contributed by atoms with Crippen LogP contribution in [-0.2, 0) is 0 Å². The number of para-hydroxylation sites is 4. The molecule has 2 nitrogen and oxygen atoms in total. The van der Waals surface area contributed by atoms with Crippen LogP contribution in [0.1, 0.15) is 6.42 Å². The maximum absolute atomic E-state index is 5.28. The molecule has 1 heterocycles. The number of benzene rings is 2. The molecule has 0 saturated heterocycles. The van der Waals surface area contributed by atoms with Gasteiger partial charge in [0.2, 0.25) is 0 Å². The summed E-state index contributed by atoms with van der Waals surface area (Å²) < 4.78 is 0. The van der Waals surface area contributed by atoms with E-state index < -0.39 is 0 Å². The zero-order valence-electron chi connectivity index (χ0n) is 13.8. The van der Waals surface area contributed by atoms with E-state index in [1.54, 1.807) is 6.08 Å². The molecule has 2 aliphatic rings. The van der Waals surface area contributed by atoms with Gasteiger partial charge >= 0.3 is 0 Å². The fourth-order valence-electron chi connectivity index (χ4n) is 3.24. The van der Waals surface area contributed by atoms with Gasteiger partial charge in [-0.2, -0.15) is 0 Å². The van der Waals surface area contributed by atoms with Gasteiger partial charge in [0.05, 0.1) is 22.7 Å². The number of nitrogens with zero attached hydrogens (tertiary/aromatic N) is 1. The second-order valence-electron chi connectivity index (χ2n) is 5.96. The summed E-state index contributed by atoms with van der Waals surface area (Å²) in [5.41, 5.74) is 7.05. The zero-order chi connectivity index (χ0) is 17.1. The first-order valence-corrected chi connectivity index (χ1v) is 8.31.